The molecule has 0 saturated carbocycles. The first-order valence-electron chi connectivity index (χ1n) is 1.36. The molecule has 0 unspecified atom stereocenters. The first-order chi connectivity index (χ1) is 2.77. The van der Waals surface area contributed by atoms with Gasteiger partial charge in [0.2, 0.25) is 0 Å². The number of nitriles is 1. The molecular formula is C2HHgNO2. The fraction of sp³-hybridized carbons (Fsp3) is 0. The third-order valence-electron chi connectivity index (χ3n) is 0.230. The summed E-state index contributed by atoms with van der Waals surface area (Å²) < 4.78 is 0.840. The molecule has 0 aromatic carbocycles. The van der Waals surface area contributed by atoms with E-state index in [9.17, 15) is 4.79 Å². The van der Waals surface area contributed by atoms with Crippen molar-refractivity contribution in [3.8, 4) is 3.58 Å². The van der Waals surface area contributed by atoms with Crippen molar-refractivity contribution >= 4 is 3.48 Å². The van der Waals surface area contributed by atoms with Gasteiger partial charge in [-0.1, -0.05) is 0 Å². The van der Waals surface area contributed by atoms with Crippen molar-refractivity contribution in [3.63, 3.8) is 0 Å². The average Bonchev–Trinajstić information content (AvgIpc) is 1.35. The molecular weight excluding hydrogens is 271 g/mol. The second-order valence-corrected chi connectivity index (χ2v) is 5.68. The maximum atomic E-state index is 9.48. The molecule has 3 nitrogen and oxygen atoms in total. The summed E-state index contributed by atoms with van der Waals surface area (Å²) in [6.45, 7) is 0. The molecule has 28 valence electrons. The van der Waals surface area contributed by atoms with Crippen LogP contribution in [0.25, 0.3) is 0 Å². The number of nitrogens with zero attached hydrogens (tertiary/aromatic N) is 1. The van der Waals surface area contributed by atoms with Gasteiger partial charge in [0.25, 0.3) is 0 Å². The van der Waals surface area contributed by atoms with Crippen LogP contribution in [0.3, 0.4) is 0 Å². The van der Waals surface area contributed by atoms with Crippen molar-refractivity contribution in [3.05, 3.63) is 0 Å². The molecule has 0 bridgehead atoms. The van der Waals surface area contributed by atoms with Crippen LogP contribution in [0.15, 0.2) is 0 Å². The fourth-order valence-corrected chi connectivity index (χ4v) is 0.593. The van der Waals surface area contributed by atoms with Crippen molar-refractivity contribution in [1.29, 1.82) is 5.26 Å². The van der Waals surface area contributed by atoms with Crippen LogP contribution in [0.4, 0.5) is 4.79 Å². The minimum atomic E-state index is -2.03. The van der Waals surface area contributed by atoms with Gasteiger partial charge in [-0.25, -0.2) is 0 Å². The molecule has 0 aliphatic rings. The van der Waals surface area contributed by atoms with E-state index < -0.39 is 28.1 Å². The van der Waals surface area contributed by atoms with Gasteiger partial charge in [-0.15, -0.1) is 0 Å². The second kappa shape index (κ2) is 3.10. The Labute approximate surface area is 47.0 Å². The first kappa shape index (κ1) is 5.90. The van der Waals surface area contributed by atoms with Crippen LogP contribution in [0.1, 0.15) is 0 Å². The number of carbonyl (C=O) groups is 1. The third-order valence-corrected chi connectivity index (χ3v) is 2.02. The van der Waals surface area contributed by atoms with Gasteiger partial charge >= 0.3 is 46.8 Å². The van der Waals surface area contributed by atoms with Gasteiger partial charge in [0, 0.05) is 0 Å². The van der Waals surface area contributed by atoms with E-state index >= 15 is 0 Å². The van der Waals surface area contributed by atoms with E-state index in [1.54, 1.807) is 3.58 Å². The van der Waals surface area contributed by atoms with E-state index in [0.29, 0.717) is 0 Å². The van der Waals surface area contributed by atoms with Gasteiger partial charge in [0.1, 0.15) is 0 Å². The summed E-state index contributed by atoms with van der Waals surface area (Å²) in [5.41, 5.74) is 0. The summed E-state index contributed by atoms with van der Waals surface area (Å²) in [6, 6.07) is 0. The zero-order valence-electron chi connectivity index (χ0n) is 3.01. The Morgan fingerprint density at radius 1 is 2.00 bits per heavy atom. The summed E-state index contributed by atoms with van der Waals surface area (Å²) in [7, 11) is 0. The first-order valence-corrected chi connectivity index (χ1v) is 6.86. The SMILES string of the molecule is N#[C][Hg][C](=O)O. The zero-order valence-corrected chi connectivity index (χ0v) is 8.51. The predicted octanol–water partition coefficient (Wildman–Crippen LogP) is 0.228. The Bertz CT molecular complexity index is 94.2. The van der Waals surface area contributed by atoms with Gasteiger partial charge in [0.05, 0.1) is 0 Å². The standard InChI is InChI=1S/CN.CHO2.Hg/c1-2;2-1-3;/h;(H,2,3);. The molecule has 1 N–H and O–H groups in total. The molecule has 0 aliphatic heterocycles. The minimum absolute atomic E-state index is 0.850. The van der Waals surface area contributed by atoms with E-state index in [1.165, 1.54) is 0 Å². The molecule has 4 heteroatoms. The molecule has 0 rings (SSSR count). The van der Waals surface area contributed by atoms with Crippen LogP contribution >= 0.6 is 0 Å². The van der Waals surface area contributed by atoms with Crippen molar-refractivity contribution < 1.29 is 34.5 Å². The molecule has 0 saturated heterocycles. The number of hydrogen-bond acceptors (Lipinski definition) is 2. The van der Waals surface area contributed by atoms with Crippen LogP contribution in [0, 0.1) is 8.84 Å². The number of carboxylic acid groups (broad SMARTS) is 1. The Morgan fingerprint density at radius 2 is 2.50 bits per heavy atom. The third kappa shape index (κ3) is 3.90. The normalized spacial score (nSPS) is 5.17. The zero-order chi connectivity index (χ0) is 4.99. The van der Waals surface area contributed by atoms with E-state index in [2.05, 4.69) is 0 Å². The van der Waals surface area contributed by atoms with Gasteiger partial charge in [-0.3, -0.25) is 0 Å². The Hall–Kier alpha value is -0.105. The summed E-state index contributed by atoms with van der Waals surface area (Å²) in [6.07, 6.45) is 0. The second-order valence-electron chi connectivity index (χ2n) is 0.729. The van der Waals surface area contributed by atoms with Crippen LogP contribution in [0.2, 0.25) is 0 Å². The predicted molar refractivity (Wildman–Crippen MR) is 13.6 cm³/mol. The van der Waals surface area contributed by atoms with Crippen molar-refractivity contribution in [2.24, 2.45) is 0 Å². The molecule has 0 aromatic heterocycles. The van der Waals surface area contributed by atoms with Gasteiger partial charge in [-0.05, 0) is 0 Å². The number of hydrogen-bond donors (Lipinski definition) is 1. The van der Waals surface area contributed by atoms with Crippen LogP contribution in [-0.4, -0.2) is 8.58 Å². The van der Waals surface area contributed by atoms with E-state index in [4.69, 9.17) is 10.4 Å². The average molecular weight is 272 g/mol. The monoisotopic (exact) mass is 273 g/mol. The molecule has 0 atom stereocenters. The fourth-order valence-electron chi connectivity index (χ4n) is 0.0676. The molecule has 0 aliphatic carbocycles. The van der Waals surface area contributed by atoms with Crippen molar-refractivity contribution in [2.75, 3.05) is 0 Å². The van der Waals surface area contributed by atoms with Crippen LogP contribution < -0.4 is 0 Å². The molecule has 0 aromatic rings. The summed E-state index contributed by atoms with van der Waals surface area (Å²) in [5.74, 6) is 0. The quantitative estimate of drug-likeness (QED) is 0.695. The molecule has 0 amide bonds. The van der Waals surface area contributed by atoms with Crippen molar-refractivity contribution in [2.45, 2.75) is 0 Å². The Balaban J connectivity index is 3.13. The summed E-state index contributed by atoms with van der Waals surface area (Å²) in [4.78, 5) is 9.48. The van der Waals surface area contributed by atoms with E-state index in [1.807, 2.05) is 0 Å². The van der Waals surface area contributed by atoms with Gasteiger partial charge in [-0.2, -0.15) is 0 Å². The maximum absolute atomic E-state index is 9.48. The van der Waals surface area contributed by atoms with Crippen LogP contribution in [-0.2, 0) is 24.6 Å². The van der Waals surface area contributed by atoms with E-state index in [0.717, 1.165) is 0 Å². The molecule has 6 heavy (non-hydrogen) atoms. The molecule has 0 fully saturated rings. The van der Waals surface area contributed by atoms with E-state index in [-0.39, 0.29) is 0 Å². The molecule has 0 heterocycles. The van der Waals surface area contributed by atoms with Crippen molar-refractivity contribution in [1.82, 2.24) is 0 Å². The molecule has 0 radical (unpaired) electrons. The van der Waals surface area contributed by atoms with Gasteiger partial charge < -0.3 is 0 Å². The summed E-state index contributed by atoms with van der Waals surface area (Å²) >= 11 is -2.03. The topological polar surface area (TPSA) is 61.1 Å². The van der Waals surface area contributed by atoms with Crippen LogP contribution in [0.5, 0.6) is 0 Å². The summed E-state index contributed by atoms with van der Waals surface area (Å²) in [5, 5.41) is 15.5. The number of rotatable bonds is 1. The Morgan fingerprint density at radius 3 is 2.50 bits per heavy atom. The Kier molecular flexibility index (Phi) is 3.05. The van der Waals surface area contributed by atoms with Gasteiger partial charge in [0.15, 0.2) is 0 Å². The molecule has 0 spiro atoms.